The van der Waals surface area contributed by atoms with E-state index in [1.54, 1.807) is 36.1 Å². The van der Waals surface area contributed by atoms with Crippen LogP contribution in [0.2, 0.25) is 0 Å². The van der Waals surface area contributed by atoms with Gasteiger partial charge in [0.25, 0.3) is 0 Å². The molecule has 0 unspecified atom stereocenters. The Hall–Kier alpha value is -3.68. The van der Waals surface area contributed by atoms with Crippen LogP contribution in [0.5, 0.6) is 0 Å². The first-order valence-electron chi connectivity index (χ1n) is 10.4. The Morgan fingerprint density at radius 2 is 1.81 bits per heavy atom. The lowest BCUT2D eigenvalue weighted by Crippen LogP contribution is -2.40. The molecule has 4 rings (SSSR count). The average Bonchev–Trinajstić information content (AvgIpc) is 3.31. The molecule has 8 heteroatoms. The number of urea groups is 1. The van der Waals surface area contributed by atoms with Crippen LogP contribution in [0.3, 0.4) is 0 Å². The Balaban J connectivity index is 1.36. The van der Waals surface area contributed by atoms with E-state index in [9.17, 15) is 9.59 Å². The van der Waals surface area contributed by atoms with Gasteiger partial charge in [-0.25, -0.2) is 9.59 Å². The molecule has 3 aromatic rings. The van der Waals surface area contributed by atoms with Crippen LogP contribution in [0, 0.1) is 0 Å². The molecule has 2 aromatic carbocycles. The van der Waals surface area contributed by atoms with Crippen molar-refractivity contribution in [2.45, 2.75) is 25.7 Å². The lowest BCUT2D eigenvalue weighted by molar-refractivity contribution is 0.0527. The number of amides is 2. The van der Waals surface area contributed by atoms with E-state index in [1.165, 1.54) is 0 Å². The van der Waals surface area contributed by atoms with Gasteiger partial charge in [-0.2, -0.15) is 4.98 Å². The number of ether oxygens (including phenoxy) is 1. The van der Waals surface area contributed by atoms with Gasteiger partial charge in [-0.3, -0.25) is 0 Å². The number of nitrogens with zero attached hydrogens (tertiary/aromatic N) is 3. The molecule has 0 bridgehead atoms. The molecule has 1 saturated heterocycles. The van der Waals surface area contributed by atoms with Crippen molar-refractivity contribution in [3.05, 3.63) is 66.1 Å². The number of hydrogen-bond donors (Lipinski definition) is 1. The summed E-state index contributed by atoms with van der Waals surface area (Å²) in [5.41, 5.74) is 1.69. The molecule has 0 radical (unpaired) electrons. The van der Waals surface area contributed by atoms with Crippen molar-refractivity contribution in [1.82, 2.24) is 15.0 Å². The largest absolute Gasteiger partial charge is 0.462 e. The molecular weight excluding hydrogens is 396 g/mol. The van der Waals surface area contributed by atoms with Crippen LogP contribution in [0.25, 0.3) is 11.4 Å². The number of carbonyl (C=O) groups is 2. The maximum atomic E-state index is 12.7. The van der Waals surface area contributed by atoms with Crippen molar-refractivity contribution in [3.63, 3.8) is 0 Å². The molecule has 1 aromatic heterocycles. The summed E-state index contributed by atoms with van der Waals surface area (Å²) in [4.78, 5) is 31.1. The van der Waals surface area contributed by atoms with E-state index in [1.807, 2.05) is 30.3 Å². The molecule has 0 saturated carbocycles. The fraction of sp³-hybridized carbons (Fsp3) is 0.304. The van der Waals surface area contributed by atoms with Gasteiger partial charge in [-0.05, 0) is 31.9 Å². The van der Waals surface area contributed by atoms with Crippen LogP contribution in [0.1, 0.15) is 41.9 Å². The average molecular weight is 420 g/mol. The van der Waals surface area contributed by atoms with Crippen molar-refractivity contribution in [2.75, 3.05) is 25.0 Å². The van der Waals surface area contributed by atoms with Crippen molar-refractivity contribution in [3.8, 4) is 11.4 Å². The molecule has 0 spiro atoms. The molecule has 0 atom stereocenters. The highest BCUT2D eigenvalue weighted by atomic mass is 16.5. The number of nitrogens with one attached hydrogen (secondary N) is 1. The zero-order chi connectivity index (χ0) is 21.6. The maximum absolute atomic E-state index is 12.7. The van der Waals surface area contributed by atoms with Gasteiger partial charge < -0.3 is 19.5 Å². The molecule has 1 aliphatic heterocycles. The molecule has 2 amide bonds. The summed E-state index contributed by atoms with van der Waals surface area (Å²) in [6.45, 7) is 3.13. The number of likely N-dealkylation sites (tertiary alicyclic amines) is 1. The van der Waals surface area contributed by atoms with Crippen LogP contribution in [-0.2, 0) is 4.74 Å². The van der Waals surface area contributed by atoms with Crippen LogP contribution >= 0.6 is 0 Å². The molecule has 1 aliphatic rings. The van der Waals surface area contributed by atoms with Gasteiger partial charge in [0.2, 0.25) is 11.7 Å². The number of anilines is 1. The second-order valence-electron chi connectivity index (χ2n) is 7.28. The predicted octanol–water partition coefficient (Wildman–Crippen LogP) is 4.32. The summed E-state index contributed by atoms with van der Waals surface area (Å²) < 4.78 is 10.5. The van der Waals surface area contributed by atoms with Gasteiger partial charge in [0, 0.05) is 24.6 Å². The Morgan fingerprint density at radius 3 is 2.55 bits per heavy atom. The summed E-state index contributed by atoms with van der Waals surface area (Å²) in [6.07, 6.45) is 1.45. The van der Waals surface area contributed by atoms with E-state index >= 15 is 0 Å². The maximum Gasteiger partial charge on any atom is 0.340 e. The quantitative estimate of drug-likeness (QED) is 0.617. The minimum Gasteiger partial charge on any atom is -0.462 e. The highest BCUT2D eigenvalue weighted by Gasteiger charge is 2.28. The normalized spacial score (nSPS) is 14.3. The van der Waals surface area contributed by atoms with Crippen LogP contribution in [0.15, 0.2) is 59.1 Å². The van der Waals surface area contributed by atoms with E-state index in [-0.39, 0.29) is 18.6 Å². The van der Waals surface area contributed by atoms with E-state index in [4.69, 9.17) is 9.26 Å². The Morgan fingerprint density at radius 1 is 1.10 bits per heavy atom. The molecule has 1 fully saturated rings. The third-order valence-corrected chi connectivity index (χ3v) is 5.27. The van der Waals surface area contributed by atoms with E-state index < -0.39 is 5.97 Å². The van der Waals surface area contributed by atoms with Crippen LogP contribution in [-0.4, -0.2) is 46.7 Å². The van der Waals surface area contributed by atoms with Gasteiger partial charge in [0.1, 0.15) is 0 Å². The summed E-state index contributed by atoms with van der Waals surface area (Å²) in [5.74, 6) is 0.835. The summed E-state index contributed by atoms with van der Waals surface area (Å²) in [6, 6.07) is 16.3. The molecule has 31 heavy (non-hydrogen) atoms. The Kier molecular flexibility index (Phi) is 6.26. The van der Waals surface area contributed by atoms with Gasteiger partial charge in [-0.1, -0.05) is 47.6 Å². The van der Waals surface area contributed by atoms with Gasteiger partial charge in [-0.15, -0.1) is 0 Å². The van der Waals surface area contributed by atoms with Gasteiger partial charge >= 0.3 is 12.0 Å². The summed E-state index contributed by atoms with van der Waals surface area (Å²) in [5, 5.41) is 6.92. The fourth-order valence-corrected chi connectivity index (χ4v) is 3.61. The highest BCUT2D eigenvalue weighted by Crippen LogP contribution is 2.29. The Labute approximate surface area is 180 Å². The SMILES string of the molecule is CCOC(=O)c1ccccc1NC(=O)N1CCC(c2nc(-c3ccccc3)no2)CC1. The molecule has 160 valence electrons. The molecule has 8 nitrogen and oxygen atoms in total. The third-order valence-electron chi connectivity index (χ3n) is 5.27. The number of piperidine rings is 1. The smallest absolute Gasteiger partial charge is 0.340 e. The zero-order valence-electron chi connectivity index (χ0n) is 17.3. The number of hydrogen-bond acceptors (Lipinski definition) is 6. The van der Waals surface area contributed by atoms with Crippen LogP contribution in [0.4, 0.5) is 10.5 Å². The number of para-hydroxylation sites is 1. The number of carbonyl (C=O) groups excluding carboxylic acids is 2. The molecular formula is C23H24N4O4. The van der Waals surface area contributed by atoms with Crippen molar-refractivity contribution >= 4 is 17.7 Å². The number of esters is 1. The minimum atomic E-state index is -0.456. The highest BCUT2D eigenvalue weighted by molar-refractivity contribution is 6.00. The number of rotatable bonds is 5. The lowest BCUT2D eigenvalue weighted by atomic mass is 9.97. The van der Waals surface area contributed by atoms with Crippen LogP contribution < -0.4 is 5.32 Å². The van der Waals surface area contributed by atoms with Crippen molar-refractivity contribution in [1.29, 1.82) is 0 Å². The summed E-state index contributed by atoms with van der Waals surface area (Å²) >= 11 is 0. The Bertz CT molecular complexity index is 1040. The minimum absolute atomic E-state index is 0.112. The van der Waals surface area contributed by atoms with Gasteiger partial charge in [0.05, 0.1) is 17.9 Å². The number of benzene rings is 2. The van der Waals surface area contributed by atoms with E-state index in [0.29, 0.717) is 36.1 Å². The predicted molar refractivity (Wildman–Crippen MR) is 115 cm³/mol. The van der Waals surface area contributed by atoms with Crippen molar-refractivity contribution < 1.29 is 18.8 Å². The second-order valence-corrected chi connectivity index (χ2v) is 7.28. The van der Waals surface area contributed by atoms with E-state index in [2.05, 4.69) is 15.5 Å². The first-order chi connectivity index (χ1) is 15.2. The number of aromatic nitrogens is 2. The first-order valence-corrected chi connectivity index (χ1v) is 10.4. The topological polar surface area (TPSA) is 97.6 Å². The van der Waals surface area contributed by atoms with Gasteiger partial charge in [0.15, 0.2) is 0 Å². The first kappa shape index (κ1) is 20.6. The molecule has 0 aliphatic carbocycles. The van der Waals surface area contributed by atoms with E-state index in [0.717, 1.165) is 18.4 Å². The third kappa shape index (κ3) is 4.74. The monoisotopic (exact) mass is 420 g/mol. The van der Waals surface area contributed by atoms with Crippen molar-refractivity contribution in [2.24, 2.45) is 0 Å². The molecule has 2 heterocycles. The zero-order valence-corrected chi connectivity index (χ0v) is 17.3. The second kappa shape index (κ2) is 9.42. The fourth-order valence-electron chi connectivity index (χ4n) is 3.61. The standard InChI is InChI=1S/C23H24N4O4/c1-2-30-22(28)18-10-6-7-11-19(18)24-23(29)27-14-12-17(13-15-27)21-25-20(26-31-21)16-8-4-3-5-9-16/h3-11,17H,2,12-15H2,1H3,(H,24,29). The molecule has 1 N–H and O–H groups in total. The summed E-state index contributed by atoms with van der Waals surface area (Å²) in [7, 11) is 0. The lowest BCUT2D eigenvalue weighted by Gasteiger charge is -2.30.